The van der Waals surface area contributed by atoms with Crippen molar-refractivity contribution >= 4 is 18.5 Å². The lowest BCUT2D eigenvalue weighted by atomic mass is 10.1. The van der Waals surface area contributed by atoms with Gasteiger partial charge >= 0.3 is 0 Å². The smallest absolute Gasteiger partial charge is 0.251 e. The molecule has 1 rings (SSSR count). The minimum Gasteiger partial charge on any atom is -0.487 e. The minimum atomic E-state index is -1.00. The van der Waals surface area contributed by atoms with Crippen LogP contribution in [0.4, 0.5) is 0 Å². The first-order valence-electron chi connectivity index (χ1n) is 11.8. The Hall–Kier alpha value is -1.88. The van der Waals surface area contributed by atoms with Gasteiger partial charge in [0.05, 0.1) is 59.5 Å². The summed E-state index contributed by atoms with van der Waals surface area (Å²) >= 11 is 4.10. The predicted octanol–water partition coefficient (Wildman–Crippen LogP) is -1.77. The van der Waals surface area contributed by atoms with Crippen LogP contribution in [0.25, 0.3) is 0 Å². The van der Waals surface area contributed by atoms with E-state index >= 15 is 0 Å². The SMILES string of the molecule is O=C(NCCS)c1cc(OCCOCC(O)CO)c(OCCOCCO)c(OCCOCC(O)CO)c1. The monoisotopic (exact) mass is 553 g/mol. The summed E-state index contributed by atoms with van der Waals surface area (Å²) in [6.07, 6.45) is -2.00. The molecule has 37 heavy (non-hydrogen) atoms. The Morgan fingerprint density at radius 1 is 0.784 bits per heavy atom. The Morgan fingerprint density at radius 2 is 1.30 bits per heavy atom. The van der Waals surface area contributed by atoms with Crippen molar-refractivity contribution in [1.82, 2.24) is 5.32 Å². The summed E-state index contributed by atoms with van der Waals surface area (Å²) in [6.45, 7) is -0.115. The van der Waals surface area contributed by atoms with Crippen LogP contribution in [0.3, 0.4) is 0 Å². The van der Waals surface area contributed by atoms with Crippen LogP contribution in [0.15, 0.2) is 12.1 Å². The van der Waals surface area contributed by atoms with Crippen molar-refractivity contribution in [3.8, 4) is 17.2 Å². The number of carbonyl (C=O) groups excluding carboxylic acids is 1. The zero-order chi connectivity index (χ0) is 27.3. The van der Waals surface area contributed by atoms with Gasteiger partial charge in [-0.15, -0.1) is 0 Å². The number of aliphatic hydroxyl groups is 5. The number of aliphatic hydroxyl groups excluding tert-OH is 5. The van der Waals surface area contributed by atoms with E-state index in [9.17, 15) is 15.0 Å². The average Bonchev–Trinajstić information content (AvgIpc) is 2.91. The lowest BCUT2D eigenvalue weighted by molar-refractivity contribution is -0.00249. The molecule has 0 aliphatic carbocycles. The van der Waals surface area contributed by atoms with Crippen molar-refractivity contribution in [2.24, 2.45) is 0 Å². The van der Waals surface area contributed by atoms with E-state index in [2.05, 4.69) is 17.9 Å². The second kappa shape index (κ2) is 21.1. The standard InChI is InChI=1S/C23H39NO12S/c25-2-3-31-4-9-36-22-20(34-7-5-32-15-18(28)13-26)11-17(23(30)24-1-10-37)12-21(22)35-8-6-33-16-19(29)14-27/h11-12,18-19,25-29,37H,1-10,13-16H2,(H,24,30). The van der Waals surface area contributed by atoms with Crippen LogP contribution in [0.1, 0.15) is 10.4 Å². The third kappa shape index (κ3) is 14.6. The molecule has 13 nitrogen and oxygen atoms in total. The van der Waals surface area contributed by atoms with Crippen LogP contribution in [0, 0.1) is 0 Å². The number of nitrogens with one attached hydrogen (secondary N) is 1. The van der Waals surface area contributed by atoms with Crippen LogP contribution in [0.5, 0.6) is 17.2 Å². The molecule has 0 bridgehead atoms. The fourth-order valence-corrected chi connectivity index (χ4v) is 2.78. The molecular weight excluding hydrogens is 514 g/mol. The summed E-state index contributed by atoms with van der Waals surface area (Å²) in [5.41, 5.74) is 0.240. The Labute approximate surface area is 221 Å². The predicted molar refractivity (Wildman–Crippen MR) is 135 cm³/mol. The molecule has 214 valence electrons. The van der Waals surface area contributed by atoms with Gasteiger partial charge in [0.2, 0.25) is 5.75 Å². The molecular formula is C23H39NO12S. The summed E-state index contributed by atoms with van der Waals surface area (Å²) in [5, 5.41) is 48.1. The quantitative estimate of drug-likeness (QED) is 0.0598. The Kier molecular flexibility index (Phi) is 18.9. The lowest BCUT2D eigenvalue weighted by Crippen LogP contribution is -2.25. The van der Waals surface area contributed by atoms with Gasteiger partial charge in [-0.1, -0.05) is 0 Å². The van der Waals surface area contributed by atoms with Crippen molar-refractivity contribution < 1.29 is 58.7 Å². The van der Waals surface area contributed by atoms with E-state index in [0.717, 1.165) is 0 Å². The second-order valence-electron chi connectivity index (χ2n) is 7.49. The molecule has 0 aliphatic rings. The van der Waals surface area contributed by atoms with Gasteiger partial charge in [0, 0.05) is 17.9 Å². The third-order valence-corrected chi connectivity index (χ3v) is 4.63. The fourth-order valence-electron chi connectivity index (χ4n) is 2.67. The van der Waals surface area contributed by atoms with Crippen molar-refractivity contribution in [3.63, 3.8) is 0 Å². The zero-order valence-electron chi connectivity index (χ0n) is 20.7. The van der Waals surface area contributed by atoms with Gasteiger partial charge < -0.3 is 59.3 Å². The van der Waals surface area contributed by atoms with Gasteiger partial charge in [-0.25, -0.2) is 0 Å². The molecule has 0 aliphatic heterocycles. The average molecular weight is 554 g/mol. The highest BCUT2D eigenvalue weighted by Gasteiger charge is 2.19. The van der Waals surface area contributed by atoms with Gasteiger partial charge in [-0.05, 0) is 12.1 Å². The second-order valence-corrected chi connectivity index (χ2v) is 7.93. The highest BCUT2D eigenvalue weighted by Crippen LogP contribution is 2.39. The first kappa shape index (κ1) is 33.1. The molecule has 0 heterocycles. The molecule has 1 aromatic rings. The van der Waals surface area contributed by atoms with Crippen LogP contribution >= 0.6 is 12.6 Å². The maximum absolute atomic E-state index is 12.6. The van der Waals surface area contributed by atoms with Gasteiger partial charge in [-0.3, -0.25) is 4.79 Å². The molecule has 6 N–H and O–H groups in total. The minimum absolute atomic E-state index is 0.0405. The van der Waals surface area contributed by atoms with E-state index < -0.39 is 25.4 Å². The molecule has 2 atom stereocenters. The van der Waals surface area contributed by atoms with Gasteiger partial charge in [0.1, 0.15) is 32.0 Å². The third-order valence-electron chi connectivity index (χ3n) is 4.40. The van der Waals surface area contributed by atoms with Gasteiger partial charge in [-0.2, -0.15) is 12.6 Å². The number of rotatable bonds is 23. The number of benzene rings is 1. The van der Waals surface area contributed by atoms with Crippen molar-refractivity contribution in [3.05, 3.63) is 17.7 Å². The summed E-state index contributed by atoms with van der Waals surface area (Å²) in [5.74, 6) is 0.647. The molecule has 0 saturated carbocycles. The van der Waals surface area contributed by atoms with E-state index in [1.54, 1.807) is 0 Å². The van der Waals surface area contributed by atoms with Crippen molar-refractivity contribution in [2.45, 2.75) is 12.2 Å². The molecule has 2 unspecified atom stereocenters. The molecule has 14 heteroatoms. The van der Waals surface area contributed by atoms with E-state index in [1.165, 1.54) is 12.1 Å². The number of hydrogen-bond acceptors (Lipinski definition) is 13. The van der Waals surface area contributed by atoms with E-state index in [1.807, 2.05) is 0 Å². The largest absolute Gasteiger partial charge is 0.487 e. The van der Waals surface area contributed by atoms with Crippen LogP contribution < -0.4 is 19.5 Å². The number of thiol groups is 1. The van der Waals surface area contributed by atoms with Crippen molar-refractivity contribution in [2.75, 3.05) is 91.6 Å². The Bertz CT molecular complexity index is 701. The highest BCUT2D eigenvalue weighted by molar-refractivity contribution is 7.80. The molecule has 0 aromatic heterocycles. The zero-order valence-corrected chi connectivity index (χ0v) is 21.6. The maximum Gasteiger partial charge on any atom is 0.251 e. The Morgan fingerprint density at radius 3 is 1.78 bits per heavy atom. The number of ether oxygens (including phenoxy) is 6. The summed E-state index contributed by atoms with van der Waals surface area (Å²) in [7, 11) is 0. The number of carbonyl (C=O) groups is 1. The molecule has 0 radical (unpaired) electrons. The van der Waals surface area contributed by atoms with Crippen LogP contribution in [0.2, 0.25) is 0 Å². The summed E-state index contributed by atoms with van der Waals surface area (Å²) in [4.78, 5) is 12.6. The van der Waals surface area contributed by atoms with Gasteiger partial charge in [0.15, 0.2) is 11.5 Å². The molecule has 0 saturated heterocycles. The topological polar surface area (TPSA) is 186 Å². The van der Waals surface area contributed by atoms with Crippen LogP contribution in [-0.2, 0) is 14.2 Å². The van der Waals surface area contributed by atoms with Gasteiger partial charge in [0.25, 0.3) is 5.91 Å². The van der Waals surface area contributed by atoms with E-state index in [-0.39, 0.29) is 94.8 Å². The number of hydrogen-bond donors (Lipinski definition) is 7. The van der Waals surface area contributed by atoms with Crippen LogP contribution in [-0.4, -0.2) is 135 Å². The summed E-state index contributed by atoms with van der Waals surface area (Å²) < 4.78 is 33.2. The van der Waals surface area contributed by atoms with E-state index in [4.69, 9.17) is 43.7 Å². The Balaban J connectivity index is 3.03. The molecule has 0 spiro atoms. The van der Waals surface area contributed by atoms with E-state index in [0.29, 0.717) is 12.3 Å². The number of amides is 1. The highest BCUT2D eigenvalue weighted by atomic mass is 32.1. The molecule has 1 aromatic carbocycles. The first-order chi connectivity index (χ1) is 18.0. The maximum atomic E-state index is 12.6. The lowest BCUT2D eigenvalue weighted by Gasteiger charge is -2.19. The van der Waals surface area contributed by atoms with Crippen molar-refractivity contribution in [1.29, 1.82) is 0 Å². The normalized spacial score (nSPS) is 12.7. The first-order valence-corrected chi connectivity index (χ1v) is 12.5. The molecule has 0 fully saturated rings. The summed E-state index contributed by atoms with van der Waals surface area (Å²) in [6, 6.07) is 2.97. The molecule has 1 amide bonds. The fraction of sp³-hybridized carbons (Fsp3) is 0.696.